The standard InChI is InChI=1S/C9H15IN2O3/c1-2-15-8(13)7-11-3-5-12(6-4-11)9(10)14/h2-7H2,1H3. The first kappa shape index (κ1) is 12.7. The third-order valence-electron chi connectivity index (χ3n) is 2.28. The number of nitrogens with zero attached hydrogens (tertiary/aromatic N) is 2. The van der Waals surface area contributed by atoms with Crippen molar-refractivity contribution in [1.29, 1.82) is 0 Å². The van der Waals surface area contributed by atoms with Gasteiger partial charge in [0.2, 0.25) is 0 Å². The molecule has 1 heterocycles. The van der Waals surface area contributed by atoms with Gasteiger partial charge in [-0.25, -0.2) is 0 Å². The van der Waals surface area contributed by atoms with Crippen LogP contribution in [0.5, 0.6) is 0 Å². The van der Waals surface area contributed by atoms with Gasteiger partial charge in [0.15, 0.2) is 0 Å². The fraction of sp³-hybridized carbons (Fsp3) is 0.778. The number of piperazine rings is 1. The molecule has 1 rings (SSSR count). The second kappa shape index (κ2) is 6.26. The van der Waals surface area contributed by atoms with E-state index in [1.165, 1.54) is 0 Å². The highest BCUT2D eigenvalue weighted by Crippen LogP contribution is 2.06. The molecule has 86 valence electrons. The molecule has 0 spiro atoms. The summed E-state index contributed by atoms with van der Waals surface area (Å²) in [5.74, 6) is -0.188. The zero-order valence-corrected chi connectivity index (χ0v) is 10.9. The minimum Gasteiger partial charge on any atom is -0.465 e. The highest BCUT2D eigenvalue weighted by Gasteiger charge is 2.20. The Bertz CT molecular complexity index is 240. The summed E-state index contributed by atoms with van der Waals surface area (Å²) in [5.41, 5.74) is 0. The van der Waals surface area contributed by atoms with E-state index in [-0.39, 0.29) is 9.88 Å². The first-order chi connectivity index (χ1) is 7.13. The van der Waals surface area contributed by atoms with Gasteiger partial charge in [0.25, 0.3) is 3.91 Å². The second-order valence-electron chi connectivity index (χ2n) is 3.32. The number of esters is 1. The second-order valence-corrected chi connectivity index (χ2v) is 4.24. The lowest BCUT2D eigenvalue weighted by molar-refractivity contribution is -0.144. The van der Waals surface area contributed by atoms with Gasteiger partial charge < -0.3 is 9.64 Å². The van der Waals surface area contributed by atoms with Crippen molar-refractivity contribution < 1.29 is 14.3 Å². The average Bonchev–Trinajstić information content (AvgIpc) is 2.18. The molecule has 1 aliphatic rings. The molecule has 1 fully saturated rings. The zero-order valence-electron chi connectivity index (χ0n) is 8.74. The van der Waals surface area contributed by atoms with Crippen LogP contribution in [-0.2, 0) is 9.53 Å². The van der Waals surface area contributed by atoms with Gasteiger partial charge in [0, 0.05) is 48.8 Å². The number of rotatable bonds is 3. The van der Waals surface area contributed by atoms with E-state index in [1.54, 1.807) is 34.4 Å². The maximum absolute atomic E-state index is 11.2. The molecule has 0 aliphatic carbocycles. The van der Waals surface area contributed by atoms with Crippen LogP contribution in [0.15, 0.2) is 0 Å². The maximum Gasteiger partial charge on any atom is 0.320 e. The largest absolute Gasteiger partial charge is 0.465 e. The van der Waals surface area contributed by atoms with Crippen molar-refractivity contribution in [3.05, 3.63) is 0 Å². The summed E-state index contributed by atoms with van der Waals surface area (Å²) < 4.78 is 4.93. The van der Waals surface area contributed by atoms with E-state index in [0.29, 0.717) is 26.2 Å². The van der Waals surface area contributed by atoms with Gasteiger partial charge in [-0.15, -0.1) is 0 Å². The molecule has 0 saturated carbocycles. The molecule has 0 aromatic rings. The van der Waals surface area contributed by atoms with Crippen LogP contribution >= 0.6 is 22.6 Å². The van der Waals surface area contributed by atoms with Crippen LogP contribution in [0.4, 0.5) is 4.79 Å². The van der Waals surface area contributed by atoms with Crippen molar-refractivity contribution in [3.8, 4) is 0 Å². The minimum absolute atomic E-state index is 0.0726. The first-order valence-corrected chi connectivity index (χ1v) is 6.03. The molecule has 15 heavy (non-hydrogen) atoms. The minimum atomic E-state index is -0.188. The van der Waals surface area contributed by atoms with Crippen molar-refractivity contribution in [3.63, 3.8) is 0 Å². The molecule has 1 amide bonds. The summed E-state index contributed by atoms with van der Waals surface area (Å²) >= 11 is 1.78. The number of ether oxygens (including phenoxy) is 1. The van der Waals surface area contributed by atoms with Crippen LogP contribution in [0.1, 0.15) is 6.92 Å². The van der Waals surface area contributed by atoms with Crippen LogP contribution in [0.3, 0.4) is 0 Å². The quantitative estimate of drug-likeness (QED) is 0.332. The molecule has 0 aromatic carbocycles. The van der Waals surface area contributed by atoms with E-state index in [1.807, 2.05) is 4.90 Å². The van der Waals surface area contributed by atoms with Gasteiger partial charge in [-0.2, -0.15) is 0 Å². The summed E-state index contributed by atoms with van der Waals surface area (Å²) in [6, 6.07) is 0. The van der Waals surface area contributed by atoms with Crippen molar-refractivity contribution in [2.24, 2.45) is 0 Å². The molecule has 5 nitrogen and oxygen atoms in total. The smallest absolute Gasteiger partial charge is 0.320 e. The predicted molar refractivity (Wildman–Crippen MR) is 64.1 cm³/mol. The van der Waals surface area contributed by atoms with Crippen molar-refractivity contribution in [1.82, 2.24) is 9.80 Å². The maximum atomic E-state index is 11.2. The normalized spacial score (nSPS) is 17.6. The molecule has 0 N–H and O–H groups in total. The topological polar surface area (TPSA) is 49.9 Å². The van der Waals surface area contributed by atoms with Crippen LogP contribution in [0, 0.1) is 0 Å². The monoisotopic (exact) mass is 326 g/mol. The number of hydrogen-bond acceptors (Lipinski definition) is 4. The van der Waals surface area contributed by atoms with Gasteiger partial charge in [0.1, 0.15) is 0 Å². The summed E-state index contributed by atoms with van der Waals surface area (Å²) in [6.45, 7) is 5.43. The fourth-order valence-corrected chi connectivity index (χ4v) is 1.95. The lowest BCUT2D eigenvalue weighted by Crippen LogP contribution is -2.48. The Morgan fingerprint density at radius 2 is 1.87 bits per heavy atom. The SMILES string of the molecule is CCOC(=O)CN1CCN(C(=O)I)CC1. The van der Waals surface area contributed by atoms with Gasteiger partial charge in [-0.1, -0.05) is 0 Å². The zero-order chi connectivity index (χ0) is 11.3. The highest BCUT2D eigenvalue weighted by atomic mass is 127. The Labute approximate surface area is 103 Å². The van der Waals surface area contributed by atoms with E-state index in [2.05, 4.69) is 0 Å². The molecular formula is C9H15IN2O3. The lowest BCUT2D eigenvalue weighted by Gasteiger charge is -2.32. The number of carbonyl (C=O) groups excluding carboxylic acids is 2. The van der Waals surface area contributed by atoms with E-state index in [9.17, 15) is 9.59 Å². The molecule has 0 bridgehead atoms. The Morgan fingerprint density at radius 3 is 2.33 bits per heavy atom. The van der Waals surface area contributed by atoms with Crippen molar-refractivity contribution in [2.75, 3.05) is 39.3 Å². The summed E-state index contributed by atoms with van der Waals surface area (Å²) in [6.07, 6.45) is 0. The Hall–Kier alpha value is -0.370. The third-order valence-corrected chi connectivity index (χ3v) is 2.96. The Kier molecular flexibility index (Phi) is 5.30. The van der Waals surface area contributed by atoms with Crippen molar-refractivity contribution >= 4 is 32.5 Å². The van der Waals surface area contributed by atoms with Crippen LogP contribution < -0.4 is 0 Å². The van der Waals surface area contributed by atoms with E-state index in [4.69, 9.17) is 4.74 Å². The third kappa shape index (κ3) is 4.33. The van der Waals surface area contributed by atoms with Gasteiger partial charge in [-0.3, -0.25) is 14.5 Å². The summed E-state index contributed by atoms with van der Waals surface area (Å²) in [4.78, 5) is 26.0. The molecule has 6 heteroatoms. The van der Waals surface area contributed by atoms with E-state index >= 15 is 0 Å². The molecule has 0 radical (unpaired) electrons. The number of halogens is 1. The van der Waals surface area contributed by atoms with Gasteiger partial charge in [-0.05, 0) is 6.92 Å². The molecule has 1 saturated heterocycles. The molecular weight excluding hydrogens is 311 g/mol. The average molecular weight is 326 g/mol. The van der Waals surface area contributed by atoms with Crippen LogP contribution in [0.2, 0.25) is 0 Å². The molecule has 0 aromatic heterocycles. The van der Waals surface area contributed by atoms with Crippen LogP contribution in [-0.4, -0.2) is 59.0 Å². The van der Waals surface area contributed by atoms with Crippen molar-refractivity contribution in [2.45, 2.75) is 6.92 Å². The number of amides is 1. The molecule has 0 atom stereocenters. The van der Waals surface area contributed by atoms with E-state index < -0.39 is 0 Å². The predicted octanol–water partition coefficient (Wildman–Crippen LogP) is 0.722. The molecule has 0 unspecified atom stereocenters. The highest BCUT2D eigenvalue weighted by molar-refractivity contribution is 14.1. The van der Waals surface area contributed by atoms with Gasteiger partial charge >= 0.3 is 5.97 Å². The van der Waals surface area contributed by atoms with Gasteiger partial charge in [0.05, 0.1) is 13.2 Å². The lowest BCUT2D eigenvalue weighted by atomic mass is 10.3. The Morgan fingerprint density at radius 1 is 1.27 bits per heavy atom. The van der Waals surface area contributed by atoms with Crippen LogP contribution in [0.25, 0.3) is 0 Å². The number of hydrogen-bond donors (Lipinski definition) is 0. The molecule has 1 aliphatic heterocycles. The Balaban J connectivity index is 2.25. The fourth-order valence-electron chi connectivity index (χ4n) is 1.47. The van der Waals surface area contributed by atoms with E-state index in [0.717, 1.165) is 13.1 Å². The number of carbonyl (C=O) groups is 2. The summed E-state index contributed by atoms with van der Waals surface area (Å²) in [5, 5.41) is 0. The summed E-state index contributed by atoms with van der Waals surface area (Å²) in [7, 11) is 0. The first-order valence-electron chi connectivity index (χ1n) is 4.96.